The van der Waals surface area contributed by atoms with Crippen molar-refractivity contribution in [3.63, 3.8) is 0 Å². The van der Waals surface area contributed by atoms with Gasteiger partial charge < -0.3 is 14.5 Å². The van der Waals surface area contributed by atoms with E-state index in [1.807, 2.05) is 71.6 Å². The van der Waals surface area contributed by atoms with Gasteiger partial charge in [-0.2, -0.15) is 0 Å². The quantitative estimate of drug-likeness (QED) is 0.241. The SMILES string of the molecule is CSc1ncccc1-c1nc2c(cc1F)C(N1CCN(C(=O)OC(C)(C)C)C[C@@H]1C)=NC(=C=O)N2c1c(C)ccnc1C(C)C. The number of aliphatic imine (C=N–C) groups is 1. The molecule has 0 N–H and O–H groups in total. The van der Waals surface area contributed by atoms with Crippen molar-refractivity contribution in [2.45, 2.75) is 71.1 Å². The largest absolute Gasteiger partial charge is 0.444 e. The van der Waals surface area contributed by atoms with Gasteiger partial charge in [0, 0.05) is 43.6 Å². The Morgan fingerprint density at radius 3 is 2.56 bits per heavy atom. The fraction of sp³-hybridized carbons (Fsp3) is 0.424. The number of anilines is 2. The van der Waals surface area contributed by atoms with Crippen LogP contribution < -0.4 is 4.90 Å². The van der Waals surface area contributed by atoms with Crippen LogP contribution in [-0.4, -0.2) is 80.2 Å². The number of ether oxygens (including phenoxy) is 1. The molecule has 3 aromatic heterocycles. The lowest BCUT2D eigenvalue weighted by atomic mass is 10.0. The minimum atomic E-state index is -0.623. The van der Waals surface area contributed by atoms with Crippen LogP contribution in [0.5, 0.6) is 0 Å². The number of rotatable bonds is 4. The van der Waals surface area contributed by atoms with Crippen molar-refractivity contribution in [1.82, 2.24) is 24.8 Å². The Hall–Kier alpha value is -4.28. The van der Waals surface area contributed by atoms with Crippen LogP contribution in [0.4, 0.5) is 20.7 Å². The molecule has 12 heteroatoms. The zero-order chi connectivity index (χ0) is 32.6. The monoisotopic (exact) mass is 631 g/mol. The van der Waals surface area contributed by atoms with Gasteiger partial charge in [0.1, 0.15) is 28.0 Å². The van der Waals surface area contributed by atoms with Crippen LogP contribution in [0.1, 0.15) is 64.3 Å². The summed E-state index contributed by atoms with van der Waals surface area (Å²) in [6.45, 7) is 14.5. The van der Waals surface area contributed by atoms with E-state index in [2.05, 4.69) is 9.97 Å². The van der Waals surface area contributed by atoms with Crippen molar-refractivity contribution in [1.29, 1.82) is 0 Å². The predicted molar refractivity (Wildman–Crippen MR) is 174 cm³/mol. The smallest absolute Gasteiger partial charge is 0.410 e. The molecule has 45 heavy (non-hydrogen) atoms. The molecule has 10 nitrogen and oxygen atoms in total. The molecular weight excluding hydrogens is 593 g/mol. The Bertz CT molecular complexity index is 1710. The molecule has 0 aromatic carbocycles. The Balaban J connectivity index is 1.68. The first kappa shape index (κ1) is 32.1. The first-order chi connectivity index (χ1) is 21.3. The molecule has 3 aromatic rings. The molecule has 2 aliphatic rings. The second-order valence-electron chi connectivity index (χ2n) is 12.4. The number of hydrogen-bond acceptors (Lipinski definition) is 10. The van der Waals surface area contributed by atoms with Gasteiger partial charge >= 0.3 is 6.09 Å². The maximum atomic E-state index is 16.2. The van der Waals surface area contributed by atoms with Crippen LogP contribution in [0.2, 0.25) is 0 Å². The van der Waals surface area contributed by atoms with Crippen molar-refractivity contribution in [3.05, 3.63) is 65.1 Å². The van der Waals surface area contributed by atoms with Crippen LogP contribution in [0, 0.1) is 12.7 Å². The molecule has 0 unspecified atom stereocenters. The third kappa shape index (κ3) is 6.30. The first-order valence-electron chi connectivity index (χ1n) is 14.9. The molecule has 1 fully saturated rings. The number of nitrogens with zero attached hydrogens (tertiary/aromatic N) is 7. The summed E-state index contributed by atoms with van der Waals surface area (Å²) in [6.07, 6.45) is 4.86. The summed E-state index contributed by atoms with van der Waals surface area (Å²) in [5.74, 6) is 2.20. The topological polar surface area (TPSA) is 104 Å². The van der Waals surface area contributed by atoms with Crippen LogP contribution in [-0.2, 0) is 9.53 Å². The maximum absolute atomic E-state index is 16.2. The molecule has 5 heterocycles. The van der Waals surface area contributed by atoms with Gasteiger partial charge in [0.2, 0.25) is 5.82 Å². The lowest BCUT2D eigenvalue weighted by Gasteiger charge is -2.43. The van der Waals surface area contributed by atoms with Crippen molar-refractivity contribution in [2.75, 3.05) is 30.8 Å². The fourth-order valence-electron chi connectivity index (χ4n) is 5.60. The number of carbonyl (C=O) groups is 1. The molecule has 1 saturated heterocycles. The van der Waals surface area contributed by atoms with Gasteiger partial charge in [-0.1, -0.05) is 13.8 Å². The van der Waals surface area contributed by atoms with Crippen molar-refractivity contribution in [2.24, 2.45) is 4.99 Å². The summed E-state index contributed by atoms with van der Waals surface area (Å²) in [4.78, 5) is 49.6. The van der Waals surface area contributed by atoms with Crippen LogP contribution in [0.25, 0.3) is 11.3 Å². The third-order valence-electron chi connectivity index (χ3n) is 7.62. The minimum Gasteiger partial charge on any atom is -0.444 e. The fourth-order valence-corrected chi connectivity index (χ4v) is 6.15. The number of piperazine rings is 1. The van der Waals surface area contributed by atoms with Crippen LogP contribution >= 0.6 is 11.8 Å². The average molecular weight is 632 g/mol. The number of aromatic nitrogens is 3. The molecule has 2 aliphatic heterocycles. The minimum absolute atomic E-state index is 0.00363. The van der Waals surface area contributed by atoms with Gasteiger partial charge in [-0.25, -0.2) is 28.9 Å². The highest BCUT2D eigenvalue weighted by atomic mass is 32.2. The van der Waals surface area contributed by atoms with E-state index in [0.29, 0.717) is 53.1 Å². The average Bonchev–Trinajstić information content (AvgIpc) is 2.99. The van der Waals surface area contributed by atoms with Crippen molar-refractivity contribution in [3.8, 4) is 11.3 Å². The summed E-state index contributed by atoms with van der Waals surface area (Å²) in [5.41, 5.74) is 2.69. The number of halogens is 1. The molecule has 5 rings (SSSR count). The second kappa shape index (κ2) is 12.6. The molecule has 1 atom stereocenters. The Labute approximate surface area is 267 Å². The second-order valence-corrected chi connectivity index (χ2v) is 13.2. The van der Waals surface area contributed by atoms with E-state index in [1.165, 1.54) is 17.8 Å². The molecule has 0 bridgehead atoms. The van der Waals surface area contributed by atoms with E-state index in [1.54, 1.807) is 34.3 Å². The van der Waals surface area contributed by atoms with Gasteiger partial charge in [0.25, 0.3) is 0 Å². The van der Waals surface area contributed by atoms with Gasteiger partial charge in [-0.05, 0) is 76.6 Å². The predicted octanol–water partition coefficient (Wildman–Crippen LogP) is 6.34. The van der Waals surface area contributed by atoms with Crippen molar-refractivity contribution >= 4 is 41.1 Å². The molecule has 0 radical (unpaired) electrons. The number of carbonyl (C=O) groups excluding carboxylic acids is 2. The molecule has 0 spiro atoms. The number of amides is 1. The molecule has 236 valence electrons. The molecular formula is C33H38FN7O3S. The van der Waals surface area contributed by atoms with E-state index in [-0.39, 0.29) is 23.5 Å². The number of hydrogen-bond donors (Lipinski definition) is 0. The Morgan fingerprint density at radius 2 is 1.91 bits per heavy atom. The summed E-state index contributed by atoms with van der Waals surface area (Å²) < 4.78 is 21.8. The lowest BCUT2D eigenvalue weighted by Crippen LogP contribution is -2.56. The highest BCUT2D eigenvalue weighted by Crippen LogP contribution is 2.43. The summed E-state index contributed by atoms with van der Waals surface area (Å²) in [5, 5.41) is 0.624. The van der Waals surface area contributed by atoms with E-state index in [0.717, 1.165) is 11.3 Å². The van der Waals surface area contributed by atoms with Gasteiger partial charge in [0.15, 0.2) is 11.8 Å². The van der Waals surface area contributed by atoms with Gasteiger partial charge in [0.05, 0.1) is 16.9 Å². The summed E-state index contributed by atoms with van der Waals surface area (Å²) in [6, 6.07) is 6.58. The lowest BCUT2D eigenvalue weighted by molar-refractivity contribution is 0.0134. The first-order valence-corrected chi connectivity index (χ1v) is 16.1. The number of thioether (sulfide) groups is 1. The summed E-state index contributed by atoms with van der Waals surface area (Å²) in [7, 11) is 0. The van der Waals surface area contributed by atoms with E-state index in [9.17, 15) is 9.59 Å². The Morgan fingerprint density at radius 1 is 1.16 bits per heavy atom. The number of fused-ring (bicyclic) bond motifs is 1. The van der Waals surface area contributed by atoms with Gasteiger partial charge in [-0.3, -0.25) is 9.88 Å². The zero-order valence-electron chi connectivity index (χ0n) is 26.9. The molecule has 0 saturated carbocycles. The number of amidine groups is 1. The normalized spacial score (nSPS) is 16.8. The van der Waals surface area contributed by atoms with E-state index in [4.69, 9.17) is 14.7 Å². The maximum Gasteiger partial charge on any atom is 0.410 e. The number of pyridine rings is 3. The van der Waals surface area contributed by atoms with Crippen molar-refractivity contribution < 1.29 is 18.7 Å². The Kier molecular flexibility index (Phi) is 9.00. The van der Waals surface area contributed by atoms with E-state index >= 15 is 4.39 Å². The third-order valence-corrected chi connectivity index (χ3v) is 8.33. The van der Waals surface area contributed by atoms with Gasteiger partial charge in [-0.15, -0.1) is 11.8 Å². The highest BCUT2D eigenvalue weighted by molar-refractivity contribution is 7.98. The standard InChI is InChI=1S/C33H38FN7O3S/c1-19(2)26-28(20(3)11-13-35-26)41-25(18-42)37-29(40-15-14-39(17-21(40)4)32(43)44-33(5,6)7)23-16-24(34)27(38-30(23)41)22-10-9-12-36-31(22)45-8/h9-13,16,19,21H,14-15,17H2,1-8H3/t21-/m0/s1. The highest BCUT2D eigenvalue weighted by Gasteiger charge is 2.38. The van der Waals surface area contributed by atoms with Crippen LogP contribution in [0.3, 0.4) is 0 Å². The molecule has 1 amide bonds. The summed E-state index contributed by atoms with van der Waals surface area (Å²) >= 11 is 1.39. The zero-order valence-corrected chi connectivity index (χ0v) is 27.7. The van der Waals surface area contributed by atoms with E-state index < -0.39 is 17.5 Å². The number of aryl methyl sites for hydroxylation is 1. The molecule has 0 aliphatic carbocycles. The van der Waals surface area contributed by atoms with Crippen LogP contribution in [0.15, 0.2) is 52.5 Å².